The Bertz CT molecular complexity index is 1770. The van der Waals surface area contributed by atoms with Crippen molar-refractivity contribution < 1.29 is 4.74 Å². The van der Waals surface area contributed by atoms with Crippen LogP contribution in [0, 0.1) is 13.8 Å². The van der Waals surface area contributed by atoms with E-state index in [-0.39, 0.29) is 0 Å². The molecule has 0 amide bonds. The van der Waals surface area contributed by atoms with E-state index in [0.717, 1.165) is 22.9 Å². The van der Waals surface area contributed by atoms with E-state index in [1.807, 2.05) is 56.1 Å². The summed E-state index contributed by atoms with van der Waals surface area (Å²) in [4.78, 5) is 2.04. The molecule has 1 aliphatic rings. The first-order chi connectivity index (χ1) is 20.4. The van der Waals surface area contributed by atoms with Gasteiger partial charge in [-0.25, -0.2) is 0 Å². The minimum absolute atomic E-state index is 0.742. The summed E-state index contributed by atoms with van der Waals surface area (Å²) in [5.74, 6) is 1.59. The summed E-state index contributed by atoms with van der Waals surface area (Å²) in [6.45, 7) is 15.7. The van der Waals surface area contributed by atoms with E-state index in [1.54, 1.807) is 12.2 Å². The summed E-state index contributed by atoms with van der Waals surface area (Å²) < 4.78 is 8.04. The second-order valence-electron chi connectivity index (χ2n) is 10.0. The lowest BCUT2D eigenvalue weighted by Gasteiger charge is -2.31. The molecule has 0 N–H and O–H groups in total. The monoisotopic (exact) mass is 552 g/mol. The summed E-state index contributed by atoms with van der Waals surface area (Å²) in [7, 11) is 1.99. The standard InChI is InChI=1S/C19H15N.C13H17NO.C7H8/c1-14-11-12-19-17(13-14)16-9-5-6-10-18(16)20(19)15-7-3-2-4-8-15;1-6-10-12(8-3)15-13(9-4)11(7-2)14(10)5;1-7-5-3-2-4-6-7/h2-13H,1H3;6-9H,1,3H2,2,4-5H3;2-6H,1H3/b;11-7+,13-9+;. The predicted octanol–water partition coefficient (Wildman–Crippen LogP) is 10.4. The molecule has 0 aliphatic carbocycles. The quantitative estimate of drug-likeness (QED) is 0.221. The molecule has 0 atom stereocenters. The van der Waals surface area contributed by atoms with Gasteiger partial charge in [-0.2, -0.15) is 0 Å². The van der Waals surface area contributed by atoms with E-state index < -0.39 is 0 Å². The molecule has 4 aromatic carbocycles. The molecule has 0 fully saturated rings. The molecule has 3 heteroatoms. The van der Waals surface area contributed by atoms with E-state index in [0.29, 0.717) is 0 Å². The number of benzene rings is 4. The maximum atomic E-state index is 5.70. The van der Waals surface area contributed by atoms with Crippen LogP contribution >= 0.6 is 0 Å². The zero-order chi connectivity index (χ0) is 30.1. The largest absolute Gasteiger partial charge is 0.453 e. The fourth-order valence-corrected chi connectivity index (χ4v) is 5.09. The summed E-state index contributed by atoms with van der Waals surface area (Å²) >= 11 is 0. The van der Waals surface area contributed by atoms with Gasteiger partial charge in [-0.1, -0.05) is 103 Å². The van der Waals surface area contributed by atoms with Gasteiger partial charge in [0.15, 0.2) is 5.76 Å². The molecule has 0 saturated carbocycles. The number of aromatic nitrogens is 1. The Balaban J connectivity index is 0.000000162. The second-order valence-corrected chi connectivity index (χ2v) is 10.0. The fraction of sp³-hybridized carbons (Fsp3) is 0.128. The van der Waals surface area contributed by atoms with Gasteiger partial charge in [0.25, 0.3) is 0 Å². The highest BCUT2D eigenvalue weighted by Gasteiger charge is 2.22. The average Bonchev–Trinajstić information content (AvgIpc) is 3.35. The molecule has 0 spiro atoms. The number of hydrogen-bond donors (Lipinski definition) is 0. The molecule has 3 nitrogen and oxygen atoms in total. The minimum Gasteiger partial charge on any atom is -0.453 e. The van der Waals surface area contributed by atoms with E-state index in [1.165, 1.54) is 38.6 Å². The van der Waals surface area contributed by atoms with Gasteiger partial charge in [-0.3, -0.25) is 0 Å². The van der Waals surface area contributed by atoms with E-state index in [9.17, 15) is 0 Å². The van der Waals surface area contributed by atoms with Crippen molar-refractivity contribution in [3.05, 3.63) is 175 Å². The van der Waals surface area contributed by atoms with Gasteiger partial charge in [0.05, 0.1) is 22.4 Å². The number of aryl methyl sites for hydroxylation is 2. The average molecular weight is 553 g/mol. The fourth-order valence-electron chi connectivity index (χ4n) is 5.09. The number of allylic oxidation sites excluding steroid dienone is 4. The molecule has 5 aromatic rings. The lowest BCUT2D eigenvalue weighted by Crippen LogP contribution is -2.24. The van der Waals surface area contributed by atoms with Crippen molar-refractivity contribution in [1.82, 2.24) is 9.47 Å². The van der Waals surface area contributed by atoms with Crippen LogP contribution in [0.4, 0.5) is 0 Å². The van der Waals surface area contributed by atoms with Gasteiger partial charge in [0.1, 0.15) is 5.76 Å². The molecule has 0 saturated heterocycles. The molecule has 42 heavy (non-hydrogen) atoms. The molecule has 0 bridgehead atoms. The van der Waals surface area contributed by atoms with E-state index in [4.69, 9.17) is 4.74 Å². The van der Waals surface area contributed by atoms with Crippen LogP contribution in [0.3, 0.4) is 0 Å². The summed E-state index contributed by atoms with van der Waals surface area (Å²) in [6.07, 6.45) is 7.42. The van der Waals surface area contributed by atoms with Crippen molar-refractivity contribution >= 4 is 21.8 Å². The molecule has 1 aliphatic heterocycles. The van der Waals surface area contributed by atoms with E-state index >= 15 is 0 Å². The molecular formula is C39H40N2O. The number of rotatable bonds is 3. The third-order valence-corrected chi connectivity index (χ3v) is 7.14. The van der Waals surface area contributed by atoms with Crippen LogP contribution in [0.15, 0.2) is 164 Å². The maximum Gasteiger partial charge on any atom is 0.150 e. The van der Waals surface area contributed by atoms with Crippen LogP contribution in [0.2, 0.25) is 0 Å². The Kier molecular flexibility index (Phi) is 10.0. The van der Waals surface area contributed by atoms with Crippen molar-refractivity contribution in [2.75, 3.05) is 7.05 Å². The Morgan fingerprint density at radius 1 is 0.643 bits per heavy atom. The van der Waals surface area contributed by atoms with Crippen LogP contribution in [-0.4, -0.2) is 16.5 Å². The first-order valence-corrected chi connectivity index (χ1v) is 14.2. The Labute approximate surface area is 250 Å². The van der Waals surface area contributed by atoms with Crippen molar-refractivity contribution in [2.24, 2.45) is 0 Å². The minimum atomic E-state index is 0.742. The number of fused-ring (bicyclic) bond motifs is 3. The van der Waals surface area contributed by atoms with Crippen molar-refractivity contribution in [3.8, 4) is 5.69 Å². The van der Waals surface area contributed by atoms with Gasteiger partial charge in [-0.15, -0.1) is 0 Å². The number of ether oxygens (including phenoxy) is 1. The molecule has 1 aromatic heterocycles. The second kappa shape index (κ2) is 14.0. The van der Waals surface area contributed by atoms with Crippen LogP contribution in [0.1, 0.15) is 25.0 Å². The molecule has 0 unspecified atom stereocenters. The summed E-state index contributed by atoms with van der Waals surface area (Å²) in [6, 6.07) is 36.1. The van der Waals surface area contributed by atoms with Crippen LogP contribution in [-0.2, 0) is 4.74 Å². The van der Waals surface area contributed by atoms with Gasteiger partial charge >= 0.3 is 0 Å². The molecule has 6 rings (SSSR count). The topological polar surface area (TPSA) is 17.4 Å². The molecule has 0 radical (unpaired) electrons. The molecule has 2 heterocycles. The number of para-hydroxylation sites is 2. The number of hydrogen-bond acceptors (Lipinski definition) is 2. The first kappa shape index (κ1) is 30.0. The van der Waals surface area contributed by atoms with Crippen LogP contribution < -0.4 is 0 Å². The van der Waals surface area contributed by atoms with Crippen LogP contribution in [0.25, 0.3) is 27.5 Å². The third-order valence-electron chi connectivity index (χ3n) is 7.14. The summed E-state index contributed by atoms with van der Waals surface area (Å²) in [5, 5.41) is 2.64. The number of nitrogens with zero attached hydrogens (tertiary/aromatic N) is 2. The highest BCUT2D eigenvalue weighted by Crippen LogP contribution is 2.33. The third kappa shape index (κ3) is 6.47. The number of likely N-dealkylation sites (N-methyl/N-ethyl adjacent to an activating group) is 1. The Morgan fingerprint density at radius 3 is 1.83 bits per heavy atom. The zero-order valence-electron chi connectivity index (χ0n) is 25.3. The summed E-state index contributed by atoms with van der Waals surface area (Å²) in [5.41, 5.74) is 8.34. The van der Waals surface area contributed by atoms with E-state index in [2.05, 4.69) is 117 Å². The van der Waals surface area contributed by atoms with Gasteiger partial charge in [0.2, 0.25) is 0 Å². The normalized spacial score (nSPS) is 14.6. The first-order valence-electron chi connectivity index (χ1n) is 14.2. The predicted molar refractivity (Wildman–Crippen MR) is 180 cm³/mol. The van der Waals surface area contributed by atoms with Gasteiger partial charge < -0.3 is 14.2 Å². The van der Waals surface area contributed by atoms with Crippen molar-refractivity contribution in [1.29, 1.82) is 0 Å². The highest BCUT2D eigenvalue weighted by molar-refractivity contribution is 6.09. The maximum absolute atomic E-state index is 5.70. The van der Waals surface area contributed by atoms with Gasteiger partial charge in [0, 0.05) is 23.5 Å². The lowest BCUT2D eigenvalue weighted by molar-refractivity contribution is 0.264. The van der Waals surface area contributed by atoms with Crippen molar-refractivity contribution in [2.45, 2.75) is 27.7 Å². The Morgan fingerprint density at radius 2 is 1.26 bits per heavy atom. The highest BCUT2D eigenvalue weighted by atomic mass is 16.5. The molecular weight excluding hydrogens is 512 g/mol. The lowest BCUT2D eigenvalue weighted by atomic mass is 10.1. The van der Waals surface area contributed by atoms with Crippen molar-refractivity contribution in [3.63, 3.8) is 0 Å². The Hall–Kier alpha value is -5.02. The molecule has 212 valence electrons. The van der Waals surface area contributed by atoms with Crippen LogP contribution in [0.5, 0.6) is 0 Å². The smallest absolute Gasteiger partial charge is 0.150 e. The zero-order valence-corrected chi connectivity index (χ0v) is 25.3. The van der Waals surface area contributed by atoms with Gasteiger partial charge in [-0.05, 0) is 76.3 Å². The SMILES string of the molecule is C=CC1=C(C=C)N(C)C(=C/C)/C(=C\C)O1.Cc1ccc2c(c1)c1ccccc1n2-c1ccccc1.Cc1ccccc1.